The minimum atomic E-state index is 0.937. The molecule has 2 heterocycles. The van der Waals surface area contributed by atoms with Crippen LogP contribution in [0, 0.1) is 0 Å². The van der Waals surface area contributed by atoms with Crippen LogP contribution in [0.25, 0.3) is 54.3 Å². The van der Waals surface area contributed by atoms with Crippen molar-refractivity contribution in [3.05, 3.63) is 72.7 Å². The summed E-state index contributed by atoms with van der Waals surface area (Å²) in [6, 6.07) is 21.8. The number of aryl methyl sites for hydroxylation is 1. The van der Waals surface area contributed by atoms with Gasteiger partial charge in [0.15, 0.2) is 0 Å². The molecular weight excluding hydrogens is 344 g/mol. The predicted molar refractivity (Wildman–Crippen MR) is 117 cm³/mol. The zero-order valence-electron chi connectivity index (χ0n) is 15.8. The minimum absolute atomic E-state index is 0.937. The molecule has 0 saturated heterocycles. The van der Waals surface area contributed by atoms with Gasteiger partial charge in [-0.15, -0.1) is 0 Å². The summed E-state index contributed by atoms with van der Waals surface area (Å²) >= 11 is 0. The van der Waals surface area contributed by atoms with E-state index in [0.717, 1.165) is 29.8 Å². The zero-order valence-corrected chi connectivity index (χ0v) is 15.8. The number of hydrogen-bond donors (Lipinski definition) is 0. The van der Waals surface area contributed by atoms with E-state index in [2.05, 4.69) is 67.6 Å². The highest BCUT2D eigenvalue weighted by Crippen LogP contribution is 2.37. The second-order valence-electron chi connectivity index (χ2n) is 7.61. The Morgan fingerprint density at radius 3 is 1.86 bits per heavy atom. The Morgan fingerprint density at radius 1 is 0.607 bits per heavy atom. The van der Waals surface area contributed by atoms with E-state index >= 15 is 0 Å². The lowest BCUT2D eigenvalue weighted by Crippen LogP contribution is -1.82. The minimum Gasteiger partial charge on any atom is -0.464 e. The average Bonchev–Trinajstić information content (AvgIpc) is 3.37. The molecule has 0 aliphatic rings. The van der Waals surface area contributed by atoms with Gasteiger partial charge in [-0.1, -0.05) is 49.7 Å². The molecule has 28 heavy (non-hydrogen) atoms. The molecule has 6 aromatic rings. The van der Waals surface area contributed by atoms with E-state index in [1.807, 2.05) is 0 Å². The van der Waals surface area contributed by atoms with Crippen molar-refractivity contribution in [3.8, 4) is 0 Å². The van der Waals surface area contributed by atoms with Crippen LogP contribution in [0.1, 0.15) is 25.5 Å². The molecule has 0 radical (unpaired) electrons. The molecule has 6 rings (SSSR count). The highest BCUT2D eigenvalue weighted by atomic mass is 16.3. The van der Waals surface area contributed by atoms with Gasteiger partial charge in [0, 0.05) is 17.2 Å². The summed E-state index contributed by atoms with van der Waals surface area (Å²) in [6.07, 6.45) is 5.11. The van der Waals surface area contributed by atoms with Crippen molar-refractivity contribution >= 4 is 54.3 Å². The number of unbranched alkanes of at least 4 members (excludes halogenated alkanes) is 1. The van der Waals surface area contributed by atoms with Crippen molar-refractivity contribution < 1.29 is 8.83 Å². The third-order valence-electron chi connectivity index (χ3n) is 5.95. The van der Waals surface area contributed by atoms with Crippen molar-refractivity contribution in [3.63, 3.8) is 0 Å². The summed E-state index contributed by atoms with van der Waals surface area (Å²) in [5.74, 6) is 1.09. The Bertz CT molecular complexity index is 1500. The van der Waals surface area contributed by atoms with Crippen LogP contribution >= 0.6 is 0 Å². The van der Waals surface area contributed by atoms with E-state index < -0.39 is 0 Å². The topological polar surface area (TPSA) is 26.3 Å². The summed E-state index contributed by atoms with van der Waals surface area (Å²) < 4.78 is 11.7. The van der Waals surface area contributed by atoms with Crippen molar-refractivity contribution in [2.75, 3.05) is 0 Å². The predicted octanol–water partition coefficient (Wildman–Crippen LogP) is 7.98. The van der Waals surface area contributed by atoms with Crippen LogP contribution in [0.15, 0.2) is 75.8 Å². The quantitative estimate of drug-likeness (QED) is 0.297. The second-order valence-corrected chi connectivity index (χ2v) is 7.61. The van der Waals surface area contributed by atoms with Gasteiger partial charge in [-0.3, -0.25) is 0 Å². The summed E-state index contributed by atoms with van der Waals surface area (Å²) in [5, 5.41) is 10.0. The highest BCUT2D eigenvalue weighted by molar-refractivity contribution is 6.24. The zero-order chi connectivity index (χ0) is 18.7. The maximum absolute atomic E-state index is 6.09. The van der Waals surface area contributed by atoms with Crippen LogP contribution in [0.4, 0.5) is 0 Å². The first-order chi connectivity index (χ1) is 13.8. The molecule has 0 amide bonds. The first-order valence-electron chi connectivity index (χ1n) is 10.0. The molecule has 2 aromatic heterocycles. The fraction of sp³-hybridized carbons (Fsp3) is 0.154. The molecule has 0 aliphatic heterocycles. The molecule has 0 atom stereocenters. The SMILES string of the molecule is CCCCc1cc2c(ccc3c2ccc2c4ccc5occc5c4ccc32)o1. The van der Waals surface area contributed by atoms with Crippen molar-refractivity contribution in [1.82, 2.24) is 0 Å². The number of fused-ring (bicyclic) bond motifs is 9. The molecule has 0 unspecified atom stereocenters. The highest BCUT2D eigenvalue weighted by Gasteiger charge is 2.12. The summed E-state index contributed by atoms with van der Waals surface area (Å²) in [7, 11) is 0. The molecule has 0 N–H and O–H groups in total. The molecule has 0 spiro atoms. The average molecular weight is 364 g/mol. The molecule has 0 bridgehead atoms. The Labute approximate surface area is 162 Å². The summed E-state index contributed by atoms with van der Waals surface area (Å²) in [5.41, 5.74) is 1.92. The molecule has 0 saturated carbocycles. The number of furan rings is 2. The van der Waals surface area contributed by atoms with E-state index in [-0.39, 0.29) is 0 Å². The molecule has 0 fully saturated rings. The van der Waals surface area contributed by atoms with Gasteiger partial charge >= 0.3 is 0 Å². The Balaban J connectivity index is 1.66. The van der Waals surface area contributed by atoms with Gasteiger partial charge < -0.3 is 8.83 Å². The largest absolute Gasteiger partial charge is 0.464 e. The summed E-state index contributed by atoms with van der Waals surface area (Å²) in [6.45, 7) is 2.21. The monoisotopic (exact) mass is 364 g/mol. The van der Waals surface area contributed by atoms with Gasteiger partial charge in [0.1, 0.15) is 16.9 Å². The van der Waals surface area contributed by atoms with Crippen LogP contribution in [0.2, 0.25) is 0 Å². The Hall–Kier alpha value is -3.26. The maximum atomic E-state index is 6.09. The lowest BCUT2D eigenvalue weighted by molar-refractivity contribution is 0.537. The Kier molecular flexibility index (Phi) is 3.30. The van der Waals surface area contributed by atoms with Crippen molar-refractivity contribution in [2.24, 2.45) is 0 Å². The number of hydrogen-bond acceptors (Lipinski definition) is 2. The molecule has 2 nitrogen and oxygen atoms in total. The molecule has 2 heteroatoms. The van der Waals surface area contributed by atoms with Gasteiger partial charge in [-0.2, -0.15) is 0 Å². The van der Waals surface area contributed by atoms with Gasteiger partial charge in [-0.05, 0) is 63.0 Å². The molecule has 0 aliphatic carbocycles. The van der Waals surface area contributed by atoms with Crippen LogP contribution in [0.5, 0.6) is 0 Å². The fourth-order valence-electron chi connectivity index (χ4n) is 4.54. The fourth-order valence-corrected chi connectivity index (χ4v) is 4.54. The van der Waals surface area contributed by atoms with E-state index in [1.165, 1.54) is 49.5 Å². The first kappa shape index (κ1) is 15.8. The summed E-state index contributed by atoms with van der Waals surface area (Å²) in [4.78, 5) is 0. The van der Waals surface area contributed by atoms with Gasteiger partial charge in [0.05, 0.1) is 6.26 Å². The van der Waals surface area contributed by atoms with E-state index in [9.17, 15) is 0 Å². The third kappa shape index (κ3) is 2.15. The Morgan fingerprint density at radius 2 is 1.18 bits per heavy atom. The molecular formula is C26H20O2. The van der Waals surface area contributed by atoms with Crippen LogP contribution in [-0.2, 0) is 6.42 Å². The maximum Gasteiger partial charge on any atom is 0.134 e. The van der Waals surface area contributed by atoms with E-state index in [0.29, 0.717) is 0 Å². The van der Waals surface area contributed by atoms with Gasteiger partial charge in [-0.25, -0.2) is 0 Å². The van der Waals surface area contributed by atoms with Gasteiger partial charge in [0.25, 0.3) is 0 Å². The lowest BCUT2D eigenvalue weighted by Gasteiger charge is -2.08. The molecule has 4 aromatic carbocycles. The van der Waals surface area contributed by atoms with Gasteiger partial charge in [0.2, 0.25) is 0 Å². The van der Waals surface area contributed by atoms with Crippen LogP contribution < -0.4 is 0 Å². The van der Waals surface area contributed by atoms with Crippen LogP contribution in [-0.4, -0.2) is 0 Å². The van der Waals surface area contributed by atoms with E-state index in [1.54, 1.807) is 6.26 Å². The lowest BCUT2D eigenvalue weighted by atomic mass is 9.95. The second kappa shape index (κ2) is 5.87. The van der Waals surface area contributed by atoms with E-state index in [4.69, 9.17) is 8.83 Å². The first-order valence-corrected chi connectivity index (χ1v) is 10.0. The normalized spacial score (nSPS) is 12.2. The van der Waals surface area contributed by atoms with Crippen LogP contribution in [0.3, 0.4) is 0 Å². The number of benzene rings is 4. The molecule has 136 valence electrons. The van der Waals surface area contributed by atoms with Crippen molar-refractivity contribution in [2.45, 2.75) is 26.2 Å². The number of rotatable bonds is 3. The van der Waals surface area contributed by atoms with Crippen molar-refractivity contribution in [1.29, 1.82) is 0 Å². The smallest absolute Gasteiger partial charge is 0.134 e. The third-order valence-corrected chi connectivity index (χ3v) is 5.95. The standard InChI is InChI=1S/C26H20O2/c1-2-3-4-16-15-24-22-8-6-17-18(20(22)10-12-26(24)28-16)5-7-21-19(17)9-11-25-23(21)13-14-27-25/h5-15H,2-4H2,1H3.